The normalized spacial score (nSPS) is 12.9. The summed E-state index contributed by atoms with van der Waals surface area (Å²) in [5, 5.41) is 0. The fraction of sp³-hybridized carbons (Fsp3) is 0.273. The zero-order chi connectivity index (χ0) is 34.2. The van der Waals surface area contributed by atoms with Crippen molar-refractivity contribution in [1.29, 1.82) is 0 Å². The van der Waals surface area contributed by atoms with E-state index in [0.717, 1.165) is 48.5 Å². The van der Waals surface area contributed by atoms with Crippen molar-refractivity contribution >= 4 is 0 Å². The minimum absolute atomic E-state index is 0.330. The lowest BCUT2D eigenvalue weighted by molar-refractivity contribution is -0.288. The molecule has 0 spiro atoms. The molecule has 45 heavy (non-hydrogen) atoms. The zero-order valence-corrected chi connectivity index (χ0v) is 24.1. The average Bonchev–Trinajstić information content (AvgIpc) is 2.89. The predicted molar refractivity (Wildman–Crippen MR) is 147 cm³/mol. The van der Waals surface area contributed by atoms with Gasteiger partial charge < -0.3 is 0 Å². The second-order valence-electron chi connectivity index (χ2n) is 10.6. The Hall–Kier alpha value is -3.96. The van der Waals surface area contributed by atoms with Gasteiger partial charge in [0, 0.05) is 0 Å². The van der Waals surface area contributed by atoms with Crippen LogP contribution in [-0.4, -0.2) is 12.4 Å². The first-order valence-corrected chi connectivity index (χ1v) is 13.1. The van der Waals surface area contributed by atoms with Crippen LogP contribution in [0.25, 0.3) is 11.1 Å². The van der Waals surface area contributed by atoms with Gasteiger partial charge in [-0.25, -0.2) is 0 Å². The molecule has 0 radical (unpaired) electrons. The molecule has 0 aliphatic heterocycles. The molecule has 0 atom stereocenters. The van der Waals surface area contributed by atoms with Gasteiger partial charge in [0.05, 0.1) is 11.1 Å². The smallest absolute Gasteiger partial charge is 0.169 e. The second-order valence-corrected chi connectivity index (χ2v) is 10.6. The number of alkyl halides is 12. The molecule has 0 aliphatic carbocycles. The van der Waals surface area contributed by atoms with E-state index in [0.29, 0.717) is 22.3 Å². The quantitative estimate of drug-likeness (QED) is 0.194. The Labute approximate surface area is 251 Å². The lowest BCUT2D eigenvalue weighted by Gasteiger charge is -2.38. The van der Waals surface area contributed by atoms with E-state index < -0.39 is 63.5 Å². The van der Waals surface area contributed by atoms with Crippen LogP contribution >= 0.6 is 0 Å². The van der Waals surface area contributed by atoms with Crippen LogP contribution in [0.1, 0.15) is 44.5 Å². The summed E-state index contributed by atoms with van der Waals surface area (Å²) in [6, 6.07) is 15.1. The van der Waals surface area contributed by atoms with Crippen LogP contribution in [0.5, 0.6) is 0 Å². The SMILES string of the molecule is Cc1ccc(-c2ccc(C)cc2C(F)(F)F)c(C(F)(F)F)c1.Cc1ccc(C(c2ccc(C)cc2)(C(F)(F)F)C(F)(F)F)cc1. The summed E-state index contributed by atoms with van der Waals surface area (Å²) in [5.41, 5.74) is -6.99. The van der Waals surface area contributed by atoms with Gasteiger partial charge >= 0.3 is 24.7 Å². The summed E-state index contributed by atoms with van der Waals surface area (Å²) in [7, 11) is 0. The molecule has 0 fully saturated rings. The summed E-state index contributed by atoms with van der Waals surface area (Å²) in [6.45, 7) is 6.11. The molecule has 0 aliphatic rings. The van der Waals surface area contributed by atoms with E-state index >= 15 is 0 Å². The van der Waals surface area contributed by atoms with E-state index in [2.05, 4.69) is 0 Å². The van der Waals surface area contributed by atoms with Gasteiger partial charge in [0.2, 0.25) is 5.41 Å². The van der Waals surface area contributed by atoms with E-state index in [1.807, 2.05) is 0 Å². The molecule has 0 bridgehead atoms. The monoisotopic (exact) mass is 650 g/mol. The summed E-state index contributed by atoms with van der Waals surface area (Å²) in [4.78, 5) is 0. The number of benzene rings is 4. The minimum Gasteiger partial charge on any atom is -0.169 e. The number of rotatable bonds is 3. The van der Waals surface area contributed by atoms with Crippen molar-refractivity contribution in [3.8, 4) is 11.1 Å². The summed E-state index contributed by atoms with van der Waals surface area (Å²) >= 11 is 0. The van der Waals surface area contributed by atoms with Gasteiger partial charge in [-0.3, -0.25) is 0 Å². The number of halogens is 12. The predicted octanol–water partition coefficient (Wildman–Crippen LogP) is 11.7. The Morgan fingerprint density at radius 2 is 0.622 bits per heavy atom. The van der Waals surface area contributed by atoms with Crippen molar-refractivity contribution in [2.24, 2.45) is 0 Å². The van der Waals surface area contributed by atoms with Gasteiger partial charge in [-0.2, -0.15) is 52.7 Å². The van der Waals surface area contributed by atoms with Gasteiger partial charge in [0.15, 0.2) is 0 Å². The van der Waals surface area contributed by atoms with E-state index in [9.17, 15) is 52.7 Å². The maximum absolute atomic E-state index is 13.7. The molecule has 0 aromatic heterocycles. The Morgan fingerprint density at radius 1 is 0.356 bits per heavy atom. The molecule has 0 saturated carbocycles. The Bertz CT molecular complexity index is 1480. The summed E-state index contributed by atoms with van der Waals surface area (Å²) < 4.78 is 161. The van der Waals surface area contributed by atoms with Crippen LogP contribution in [0.4, 0.5) is 52.7 Å². The highest BCUT2D eigenvalue weighted by Crippen LogP contribution is 2.56. The third-order valence-electron chi connectivity index (χ3n) is 7.07. The highest BCUT2D eigenvalue weighted by atomic mass is 19.4. The Balaban J connectivity index is 0.000000246. The van der Waals surface area contributed by atoms with E-state index in [1.165, 1.54) is 50.2 Å². The molecule has 0 heterocycles. The standard InChI is InChI=1S/C17H14F6.C16H12F6/c1-11-3-7-13(8-4-11)15(16(18,19)20,17(21,22)23)14-9-5-12(2)6-10-14;1-9-3-5-11(13(7-9)15(17,18)19)12-6-4-10(2)8-14(12)16(20,21)22/h3-10H,1-2H3;3-8H,1-2H3. The van der Waals surface area contributed by atoms with Gasteiger partial charge in [-0.1, -0.05) is 95.1 Å². The van der Waals surface area contributed by atoms with Crippen LogP contribution in [0.3, 0.4) is 0 Å². The van der Waals surface area contributed by atoms with Crippen LogP contribution in [0.15, 0.2) is 84.9 Å². The summed E-state index contributed by atoms with van der Waals surface area (Å²) in [5.74, 6) is 0. The Morgan fingerprint density at radius 3 is 0.867 bits per heavy atom. The molecule has 0 nitrogen and oxygen atoms in total. The summed E-state index contributed by atoms with van der Waals surface area (Å²) in [6.07, 6.45) is -20.5. The van der Waals surface area contributed by atoms with Crippen LogP contribution in [0, 0.1) is 27.7 Å². The van der Waals surface area contributed by atoms with Crippen LogP contribution < -0.4 is 0 Å². The van der Waals surface area contributed by atoms with Gasteiger partial charge in [0.1, 0.15) is 0 Å². The molecule has 4 aromatic carbocycles. The van der Waals surface area contributed by atoms with Crippen molar-refractivity contribution in [3.05, 3.63) is 129 Å². The maximum Gasteiger partial charge on any atom is 0.417 e. The third-order valence-corrected chi connectivity index (χ3v) is 7.07. The van der Waals surface area contributed by atoms with Crippen molar-refractivity contribution in [1.82, 2.24) is 0 Å². The van der Waals surface area contributed by atoms with Crippen LogP contribution in [0.2, 0.25) is 0 Å². The molecule has 0 N–H and O–H groups in total. The zero-order valence-electron chi connectivity index (χ0n) is 24.1. The van der Waals surface area contributed by atoms with Crippen molar-refractivity contribution in [3.63, 3.8) is 0 Å². The largest absolute Gasteiger partial charge is 0.417 e. The van der Waals surface area contributed by atoms with Crippen LogP contribution in [-0.2, 0) is 17.8 Å². The number of aryl methyl sites for hydroxylation is 4. The molecular weight excluding hydrogens is 624 g/mol. The fourth-order valence-corrected chi connectivity index (χ4v) is 4.84. The molecule has 0 saturated heterocycles. The van der Waals surface area contributed by atoms with Gasteiger partial charge in [0.25, 0.3) is 0 Å². The van der Waals surface area contributed by atoms with Gasteiger partial charge in [-0.15, -0.1) is 0 Å². The number of hydrogen-bond acceptors (Lipinski definition) is 0. The minimum atomic E-state index is -5.53. The highest BCUT2D eigenvalue weighted by molar-refractivity contribution is 5.72. The molecule has 0 unspecified atom stereocenters. The number of hydrogen-bond donors (Lipinski definition) is 0. The van der Waals surface area contributed by atoms with E-state index in [4.69, 9.17) is 0 Å². The molecule has 0 amide bonds. The molecule has 4 rings (SSSR count). The highest BCUT2D eigenvalue weighted by Gasteiger charge is 2.72. The fourth-order valence-electron chi connectivity index (χ4n) is 4.84. The van der Waals surface area contributed by atoms with Crippen molar-refractivity contribution < 1.29 is 52.7 Å². The molecule has 4 aromatic rings. The maximum atomic E-state index is 13.7. The first-order chi connectivity index (χ1) is 20.5. The molecular formula is C33H26F12. The molecule has 242 valence electrons. The lowest BCUT2D eigenvalue weighted by Crippen LogP contribution is -2.54. The molecule has 12 heteroatoms. The second kappa shape index (κ2) is 12.4. The van der Waals surface area contributed by atoms with E-state index in [1.54, 1.807) is 13.8 Å². The van der Waals surface area contributed by atoms with Gasteiger partial charge in [-0.05, 0) is 62.1 Å². The van der Waals surface area contributed by atoms with Crippen molar-refractivity contribution in [2.45, 2.75) is 57.8 Å². The topological polar surface area (TPSA) is 0 Å². The Kier molecular flexibility index (Phi) is 9.82. The lowest BCUT2D eigenvalue weighted by atomic mass is 9.72. The third kappa shape index (κ3) is 7.48. The van der Waals surface area contributed by atoms with Crippen molar-refractivity contribution in [2.75, 3.05) is 0 Å². The first kappa shape index (κ1) is 35.5. The van der Waals surface area contributed by atoms with E-state index in [-0.39, 0.29) is 0 Å². The average molecular weight is 651 g/mol. The first-order valence-electron chi connectivity index (χ1n) is 13.1.